The van der Waals surface area contributed by atoms with Crippen LogP contribution in [0.2, 0.25) is 0 Å². The van der Waals surface area contributed by atoms with Crippen LogP contribution in [0.4, 0.5) is 10.5 Å². The number of hydrogen-bond acceptors (Lipinski definition) is 8. The van der Waals surface area contributed by atoms with Crippen LogP contribution in [0.3, 0.4) is 0 Å². The minimum Gasteiger partial charge on any atom is -0.466 e. The Kier molecular flexibility index (Phi) is 8.49. The first kappa shape index (κ1) is 24.3. The monoisotopic (exact) mass is 450 g/mol. The molecule has 0 bridgehead atoms. The zero-order valence-electron chi connectivity index (χ0n) is 17.9. The molecule has 1 aliphatic rings. The number of carbonyl (C=O) groups excluding carboxylic acids is 4. The maximum Gasteiger partial charge on any atom is 0.412 e. The maximum atomic E-state index is 12.3. The first-order chi connectivity index (χ1) is 14.6. The van der Waals surface area contributed by atoms with Gasteiger partial charge in [0.15, 0.2) is 0 Å². The van der Waals surface area contributed by atoms with Crippen molar-refractivity contribution in [1.29, 1.82) is 0 Å². The van der Waals surface area contributed by atoms with E-state index in [0.29, 0.717) is 23.7 Å². The fourth-order valence-corrected chi connectivity index (χ4v) is 3.50. The molecule has 1 fully saturated rings. The number of anilines is 1. The Morgan fingerprint density at radius 1 is 1.26 bits per heavy atom. The summed E-state index contributed by atoms with van der Waals surface area (Å²) < 4.78 is 15.0. The van der Waals surface area contributed by atoms with Gasteiger partial charge in [-0.05, 0) is 45.4 Å². The second kappa shape index (κ2) is 10.9. The van der Waals surface area contributed by atoms with E-state index in [2.05, 4.69) is 10.1 Å². The highest BCUT2D eigenvalue weighted by molar-refractivity contribution is 8.04. The van der Waals surface area contributed by atoms with Crippen molar-refractivity contribution in [2.75, 3.05) is 31.3 Å². The zero-order valence-corrected chi connectivity index (χ0v) is 18.7. The lowest BCUT2D eigenvalue weighted by Crippen LogP contribution is -2.27. The minimum absolute atomic E-state index is 0.0858. The van der Waals surface area contributed by atoms with Crippen LogP contribution in [0.5, 0.6) is 0 Å². The van der Waals surface area contributed by atoms with E-state index in [-0.39, 0.29) is 23.8 Å². The van der Waals surface area contributed by atoms with Gasteiger partial charge in [0, 0.05) is 12.2 Å². The molecule has 0 aliphatic carbocycles. The quantitative estimate of drug-likeness (QED) is 0.292. The summed E-state index contributed by atoms with van der Waals surface area (Å²) >= 11 is 1.26. The molecule has 0 atom stereocenters. The number of methoxy groups -OCH3 is 1. The van der Waals surface area contributed by atoms with Crippen LogP contribution < -0.4 is 5.32 Å². The number of esters is 2. The number of amides is 2. The predicted molar refractivity (Wildman–Crippen MR) is 115 cm³/mol. The Morgan fingerprint density at radius 2 is 2.00 bits per heavy atom. The second-order valence-electron chi connectivity index (χ2n) is 7.54. The van der Waals surface area contributed by atoms with Crippen LogP contribution in [-0.2, 0) is 23.8 Å². The summed E-state index contributed by atoms with van der Waals surface area (Å²) in [7, 11) is 1.27. The Morgan fingerprint density at radius 3 is 2.68 bits per heavy atom. The van der Waals surface area contributed by atoms with Gasteiger partial charge in [0.1, 0.15) is 5.60 Å². The summed E-state index contributed by atoms with van der Waals surface area (Å²) in [4.78, 5) is 49.0. The van der Waals surface area contributed by atoms with Crippen LogP contribution in [0.15, 0.2) is 35.4 Å². The highest BCUT2D eigenvalue weighted by Crippen LogP contribution is 2.28. The molecule has 31 heavy (non-hydrogen) atoms. The van der Waals surface area contributed by atoms with Crippen LogP contribution >= 0.6 is 11.8 Å². The number of hydrogen-bond donors (Lipinski definition) is 1. The molecule has 0 radical (unpaired) electrons. The van der Waals surface area contributed by atoms with E-state index in [1.807, 2.05) is 0 Å². The Labute approximate surface area is 185 Å². The molecule has 0 saturated carbocycles. The largest absolute Gasteiger partial charge is 0.466 e. The number of carbonyl (C=O) groups is 4. The van der Waals surface area contributed by atoms with Crippen LogP contribution in [0.25, 0.3) is 0 Å². The summed E-state index contributed by atoms with van der Waals surface area (Å²) in [6.07, 6.45) is 1.04. The molecule has 10 heteroatoms. The first-order valence-corrected chi connectivity index (χ1v) is 10.6. The van der Waals surface area contributed by atoms with E-state index in [4.69, 9.17) is 9.47 Å². The fraction of sp³-hybridized carbons (Fsp3) is 0.429. The van der Waals surface area contributed by atoms with Gasteiger partial charge in [0.25, 0.3) is 0 Å². The number of nitrogens with one attached hydrogen (secondary N) is 1. The van der Waals surface area contributed by atoms with Crippen molar-refractivity contribution >= 4 is 41.4 Å². The van der Waals surface area contributed by atoms with Gasteiger partial charge in [-0.3, -0.25) is 10.1 Å². The van der Waals surface area contributed by atoms with Gasteiger partial charge < -0.3 is 19.1 Å². The molecule has 0 aromatic heterocycles. The zero-order chi connectivity index (χ0) is 23.0. The van der Waals surface area contributed by atoms with E-state index < -0.39 is 23.6 Å². The average molecular weight is 451 g/mol. The van der Waals surface area contributed by atoms with Crippen LogP contribution in [0.1, 0.15) is 37.6 Å². The molecule has 1 aromatic carbocycles. The van der Waals surface area contributed by atoms with Gasteiger partial charge in [-0.15, -0.1) is 0 Å². The molecule has 0 unspecified atom stereocenters. The van der Waals surface area contributed by atoms with E-state index >= 15 is 0 Å². The number of rotatable bonds is 7. The normalized spacial score (nSPS) is 15.0. The summed E-state index contributed by atoms with van der Waals surface area (Å²) in [6.45, 7) is 5.65. The summed E-state index contributed by atoms with van der Waals surface area (Å²) in [5.74, 6) is -0.957. The van der Waals surface area contributed by atoms with Crippen LogP contribution in [-0.4, -0.2) is 60.5 Å². The Balaban J connectivity index is 1.85. The van der Waals surface area contributed by atoms with Crippen LogP contribution in [0, 0.1) is 0 Å². The molecule has 1 aliphatic heterocycles. The SMILES string of the molecule is COC(=O)/C=C1/SCC(=O)N1CCCOC(=O)c1cccc(NC(=O)OC(C)(C)C)c1. The van der Waals surface area contributed by atoms with E-state index in [9.17, 15) is 19.2 Å². The minimum atomic E-state index is -0.637. The van der Waals surface area contributed by atoms with E-state index in [0.717, 1.165) is 0 Å². The van der Waals surface area contributed by atoms with Crippen molar-refractivity contribution in [2.45, 2.75) is 32.8 Å². The molecule has 1 saturated heterocycles. The van der Waals surface area contributed by atoms with Crippen molar-refractivity contribution < 1.29 is 33.4 Å². The molecule has 1 aromatic rings. The molecule has 9 nitrogen and oxygen atoms in total. The number of benzene rings is 1. The molecular weight excluding hydrogens is 424 g/mol. The van der Waals surface area contributed by atoms with Gasteiger partial charge in [-0.25, -0.2) is 14.4 Å². The average Bonchev–Trinajstić information content (AvgIpc) is 3.03. The number of thioether (sulfide) groups is 1. The van der Waals surface area contributed by atoms with Gasteiger partial charge in [-0.2, -0.15) is 0 Å². The number of ether oxygens (including phenoxy) is 3. The predicted octanol–water partition coefficient (Wildman–Crippen LogP) is 3.17. The lowest BCUT2D eigenvalue weighted by atomic mass is 10.2. The molecule has 0 spiro atoms. The summed E-state index contributed by atoms with van der Waals surface area (Å²) in [6, 6.07) is 6.31. The molecule has 1 heterocycles. The lowest BCUT2D eigenvalue weighted by Gasteiger charge is -2.19. The van der Waals surface area contributed by atoms with Crippen molar-refractivity contribution in [2.24, 2.45) is 0 Å². The van der Waals surface area contributed by atoms with Gasteiger partial charge in [0.05, 0.1) is 36.1 Å². The fourth-order valence-electron chi connectivity index (χ4n) is 2.54. The van der Waals surface area contributed by atoms with Gasteiger partial charge in [0.2, 0.25) is 5.91 Å². The van der Waals surface area contributed by atoms with Gasteiger partial charge in [-0.1, -0.05) is 17.8 Å². The van der Waals surface area contributed by atoms with E-state index in [1.165, 1.54) is 35.9 Å². The van der Waals surface area contributed by atoms with Crippen molar-refractivity contribution in [3.63, 3.8) is 0 Å². The number of nitrogens with zero attached hydrogens (tertiary/aromatic N) is 1. The topological polar surface area (TPSA) is 111 Å². The van der Waals surface area contributed by atoms with Crippen molar-refractivity contribution in [3.05, 3.63) is 40.9 Å². The lowest BCUT2D eigenvalue weighted by molar-refractivity contribution is -0.134. The third-order valence-electron chi connectivity index (χ3n) is 3.86. The molecule has 1 N–H and O–H groups in total. The third-order valence-corrected chi connectivity index (χ3v) is 4.88. The molecule has 2 amide bonds. The molecule has 168 valence electrons. The maximum absolute atomic E-state index is 12.3. The summed E-state index contributed by atoms with van der Waals surface area (Å²) in [5.41, 5.74) is 0.0375. The van der Waals surface area contributed by atoms with Gasteiger partial charge >= 0.3 is 18.0 Å². The summed E-state index contributed by atoms with van der Waals surface area (Å²) in [5, 5.41) is 3.09. The van der Waals surface area contributed by atoms with E-state index in [1.54, 1.807) is 39.0 Å². The Hall–Kier alpha value is -3.01. The standard InChI is InChI=1S/C21H26N2O7S/c1-21(2,3)30-20(27)22-15-8-5-7-14(11-15)19(26)29-10-6-9-23-16(24)13-31-17(23)12-18(25)28-4/h5,7-8,11-12H,6,9-10,13H2,1-4H3,(H,22,27)/b17-12+. The van der Waals surface area contributed by atoms with Crippen molar-refractivity contribution in [1.82, 2.24) is 4.90 Å². The second-order valence-corrected chi connectivity index (χ2v) is 8.53. The highest BCUT2D eigenvalue weighted by Gasteiger charge is 2.27. The highest BCUT2D eigenvalue weighted by atomic mass is 32.2. The third kappa shape index (κ3) is 7.97. The smallest absolute Gasteiger partial charge is 0.412 e. The Bertz CT molecular complexity index is 877. The first-order valence-electron chi connectivity index (χ1n) is 9.59. The van der Waals surface area contributed by atoms with Crippen molar-refractivity contribution in [3.8, 4) is 0 Å². The molecule has 2 rings (SSSR count). The molecular formula is C21H26N2O7S.